The van der Waals surface area contributed by atoms with Crippen molar-refractivity contribution in [3.05, 3.63) is 0 Å². The quantitative estimate of drug-likeness (QED) is 0.760. The molecule has 0 saturated heterocycles. The van der Waals surface area contributed by atoms with Crippen molar-refractivity contribution in [3.63, 3.8) is 0 Å². The first kappa shape index (κ1) is 13.2. The summed E-state index contributed by atoms with van der Waals surface area (Å²) >= 11 is 0. The summed E-state index contributed by atoms with van der Waals surface area (Å²) in [6.45, 7) is 2.88. The minimum Gasteiger partial charge on any atom is -0.345 e. The lowest BCUT2D eigenvalue weighted by molar-refractivity contribution is -0.270. The second kappa shape index (κ2) is 3.56. The van der Waals surface area contributed by atoms with Crippen molar-refractivity contribution < 1.29 is 26.7 Å². The highest BCUT2D eigenvalue weighted by Crippen LogP contribution is 2.41. The lowest BCUT2D eigenvalue weighted by Crippen LogP contribution is -2.56. The van der Waals surface area contributed by atoms with Gasteiger partial charge in [0.1, 0.15) is 0 Å². The molecule has 1 amide bonds. The van der Waals surface area contributed by atoms with Gasteiger partial charge in [0.2, 0.25) is 0 Å². The van der Waals surface area contributed by atoms with Gasteiger partial charge in [0.15, 0.2) is 0 Å². The smallest absolute Gasteiger partial charge is 0.345 e. The van der Waals surface area contributed by atoms with Crippen LogP contribution in [0.15, 0.2) is 0 Å². The molecule has 0 heterocycles. The minimum absolute atomic E-state index is 0.0273. The first-order valence-electron chi connectivity index (χ1n) is 4.75. The highest BCUT2D eigenvalue weighted by atomic mass is 19.4. The minimum atomic E-state index is -5.85. The molecule has 0 aromatic rings. The molecule has 0 aromatic heterocycles. The van der Waals surface area contributed by atoms with Crippen molar-refractivity contribution in [2.24, 2.45) is 5.92 Å². The van der Waals surface area contributed by atoms with Crippen LogP contribution in [-0.2, 0) is 4.79 Å². The average molecular weight is 245 g/mol. The molecule has 94 valence electrons. The Bertz CT molecular complexity index is 293. The number of hydrogen-bond acceptors (Lipinski definition) is 1. The van der Waals surface area contributed by atoms with E-state index < -0.39 is 23.5 Å². The molecular formula is C9H12F5NO. The number of halogens is 5. The zero-order valence-electron chi connectivity index (χ0n) is 8.79. The van der Waals surface area contributed by atoms with Gasteiger partial charge >= 0.3 is 18.0 Å². The molecule has 1 fully saturated rings. The molecule has 0 aromatic carbocycles. The van der Waals surface area contributed by atoms with Crippen LogP contribution < -0.4 is 5.32 Å². The molecule has 2 nitrogen and oxygen atoms in total. The molecule has 1 aliphatic rings. The Hall–Kier alpha value is -0.880. The van der Waals surface area contributed by atoms with Crippen LogP contribution in [0.2, 0.25) is 0 Å². The van der Waals surface area contributed by atoms with Crippen molar-refractivity contribution in [1.82, 2.24) is 5.32 Å². The molecule has 0 unspecified atom stereocenters. The molecule has 0 aliphatic heterocycles. The molecular weight excluding hydrogens is 233 g/mol. The van der Waals surface area contributed by atoms with E-state index in [4.69, 9.17) is 0 Å². The van der Waals surface area contributed by atoms with Gasteiger partial charge in [0.05, 0.1) is 0 Å². The van der Waals surface area contributed by atoms with Crippen LogP contribution in [0.4, 0.5) is 22.0 Å². The van der Waals surface area contributed by atoms with Crippen LogP contribution in [0.3, 0.4) is 0 Å². The van der Waals surface area contributed by atoms with Gasteiger partial charge < -0.3 is 5.32 Å². The van der Waals surface area contributed by atoms with Gasteiger partial charge in [-0.2, -0.15) is 22.0 Å². The maximum Gasteiger partial charge on any atom is 0.463 e. The van der Waals surface area contributed by atoms with Crippen LogP contribution >= 0.6 is 0 Å². The van der Waals surface area contributed by atoms with E-state index >= 15 is 0 Å². The molecule has 1 saturated carbocycles. The summed E-state index contributed by atoms with van der Waals surface area (Å²) in [6, 6.07) is 0. The van der Waals surface area contributed by atoms with Crippen LogP contribution in [-0.4, -0.2) is 23.5 Å². The highest BCUT2D eigenvalue weighted by Gasteiger charge is 2.64. The summed E-state index contributed by atoms with van der Waals surface area (Å²) in [5.74, 6) is -7.64. The fourth-order valence-electron chi connectivity index (χ4n) is 1.41. The average Bonchev–Trinajstić information content (AvgIpc) is 2.82. The maximum atomic E-state index is 12.6. The monoisotopic (exact) mass is 245 g/mol. The van der Waals surface area contributed by atoms with Gasteiger partial charge in [0, 0.05) is 5.54 Å². The normalized spacial score (nSPS) is 18.4. The van der Waals surface area contributed by atoms with E-state index in [9.17, 15) is 26.7 Å². The number of nitrogens with one attached hydrogen (secondary N) is 1. The van der Waals surface area contributed by atoms with Crippen molar-refractivity contribution in [2.45, 2.75) is 44.3 Å². The third kappa shape index (κ3) is 2.44. The highest BCUT2D eigenvalue weighted by molar-refractivity contribution is 5.85. The molecule has 0 bridgehead atoms. The number of carbonyl (C=O) groups is 1. The largest absolute Gasteiger partial charge is 0.463 e. The van der Waals surface area contributed by atoms with E-state index in [-0.39, 0.29) is 5.92 Å². The van der Waals surface area contributed by atoms with Crippen LogP contribution in [0, 0.1) is 5.92 Å². The van der Waals surface area contributed by atoms with Crippen molar-refractivity contribution in [3.8, 4) is 0 Å². The zero-order valence-corrected chi connectivity index (χ0v) is 8.79. The van der Waals surface area contributed by atoms with E-state index in [0.29, 0.717) is 0 Å². The Morgan fingerprint density at radius 3 is 1.88 bits per heavy atom. The molecule has 1 N–H and O–H groups in total. The van der Waals surface area contributed by atoms with Crippen molar-refractivity contribution >= 4 is 5.91 Å². The summed E-state index contributed by atoms with van der Waals surface area (Å²) in [6.07, 6.45) is -4.40. The van der Waals surface area contributed by atoms with Gasteiger partial charge in [-0.3, -0.25) is 4.79 Å². The molecule has 1 aliphatic carbocycles. The van der Waals surface area contributed by atoms with E-state index in [0.717, 1.165) is 12.8 Å². The Kier molecular flexibility index (Phi) is 2.94. The fourth-order valence-corrected chi connectivity index (χ4v) is 1.41. The summed E-state index contributed by atoms with van der Waals surface area (Å²) in [7, 11) is 0. The van der Waals surface area contributed by atoms with E-state index in [1.165, 1.54) is 13.8 Å². The van der Waals surface area contributed by atoms with Gasteiger partial charge in [-0.1, -0.05) is 0 Å². The molecule has 7 heteroatoms. The molecule has 16 heavy (non-hydrogen) atoms. The number of hydrogen-bond donors (Lipinski definition) is 1. The van der Waals surface area contributed by atoms with E-state index in [1.807, 2.05) is 0 Å². The first-order valence-corrected chi connectivity index (χ1v) is 4.75. The third-order valence-electron chi connectivity index (χ3n) is 2.67. The second-order valence-corrected chi connectivity index (χ2v) is 4.52. The predicted molar refractivity (Wildman–Crippen MR) is 45.9 cm³/mol. The number of carbonyl (C=O) groups excluding carboxylic acids is 1. The Balaban J connectivity index is 2.71. The third-order valence-corrected chi connectivity index (χ3v) is 2.67. The topological polar surface area (TPSA) is 29.1 Å². The van der Waals surface area contributed by atoms with Crippen LogP contribution in [0.5, 0.6) is 0 Å². The summed E-state index contributed by atoms with van der Waals surface area (Å²) in [5.41, 5.74) is -1.02. The summed E-state index contributed by atoms with van der Waals surface area (Å²) in [5, 5.41) is 1.76. The molecule has 0 radical (unpaired) electrons. The SMILES string of the molecule is CC(C)(NC(=O)C(F)(F)C(F)(F)F)C1CC1. The zero-order chi connectivity index (χ0) is 12.8. The van der Waals surface area contributed by atoms with Crippen molar-refractivity contribution in [1.29, 1.82) is 0 Å². The van der Waals surface area contributed by atoms with Gasteiger partial charge in [-0.05, 0) is 32.6 Å². The number of amides is 1. The standard InChI is InChI=1S/C9H12F5NO/c1-7(2,5-3-4-5)15-6(16)8(10,11)9(12,13)14/h5H,3-4H2,1-2H3,(H,15,16). The van der Waals surface area contributed by atoms with Crippen molar-refractivity contribution in [2.75, 3.05) is 0 Å². The van der Waals surface area contributed by atoms with E-state index in [2.05, 4.69) is 0 Å². The molecule has 1 rings (SSSR count). The van der Waals surface area contributed by atoms with Crippen LogP contribution in [0.1, 0.15) is 26.7 Å². The lowest BCUT2D eigenvalue weighted by Gasteiger charge is -2.29. The first-order chi connectivity index (χ1) is 6.98. The maximum absolute atomic E-state index is 12.6. The number of rotatable bonds is 3. The molecule has 0 atom stereocenters. The van der Waals surface area contributed by atoms with Gasteiger partial charge in [0.25, 0.3) is 0 Å². The summed E-state index contributed by atoms with van der Waals surface area (Å²) < 4.78 is 60.8. The summed E-state index contributed by atoms with van der Waals surface area (Å²) in [4.78, 5) is 10.9. The Morgan fingerprint density at radius 2 is 1.56 bits per heavy atom. The van der Waals surface area contributed by atoms with E-state index in [1.54, 1.807) is 5.32 Å². The van der Waals surface area contributed by atoms with Gasteiger partial charge in [-0.15, -0.1) is 0 Å². The molecule has 0 spiro atoms. The van der Waals surface area contributed by atoms with Crippen LogP contribution in [0.25, 0.3) is 0 Å². The Morgan fingerprint density at radius 1 is 1.12 bits per heavy atom. The van der Waals surface area contributed by atoms with Gasteiger partial charge in [-0.25, -0.2) is 0 Å². The Labute approximate surface area is 89.2 Å². The predicted octanol–water partition coefficient (Wildman–Crippen LogP) is 2.49. The lowest BCUT2D eigenvalue weighted by atomic mass is 9.98. The second-order valence-electron chi connectivity index (χ2n) is 4.52. The fraction of sp³-hybridized carbons (Fsp3) is 0.889. The number of alkyl halides is 5.